The molecule has 0 saturated heterocycles. The minimum atomic E-state index is -0.331. The summed E-state index contributed by atoms with van der Waals surface area (Å²) in [5.41, 5.74) is 3.59. The van der Waals surface area contributed by atoms with Gasteiger partial charge in [0, 0.05) is 0 Å². The Bertz CT molecular complexity index is 635. The highest BCUT2D eigenvalue weighted by atomic mass is 35.5. The van der Waals surface area contributed by atoms with Crippen LogP contribution in [-0.4, -0.2) is 12.1 Å². The first-order valence-corrected chi connectivity index (χ1v) is 6.16. The molecular formula is C13H10Cl2N2O2. The number of aryl methyl sites for hydroxylation is 1. The molecule has 2 rings (SSSR count). The molecule has 6 heteroatoms. The topological polar surface area (TPSA) is 54.6 Å². The first kappa shape index (κ1) is 13.6. The molecular weight excluding hydrogens is 287 g/mol. The van der Waals surface area contributed by atoms with Crippen molar-refractivity contribution in [3.8, 4) is 0 Å². The van der Waals surface area contributed by atoms with Gasteiger partial charge in [0.15, 0.2) is 0 Å². The molecule has 0 atom stereocenters. The van der Waals surface area contributed by atoms with Crippen molar-refractivity contribution >= 4 is 35.3 Å². The summed E-state index contributed by atoms with van der Waals surface area (Å²) in [6.07, 6.45) is 2.93. The number of nitrogens with zero attached hydrogens (tertiary/aromatic N) is 1. The van der Waals surface area contributed by atoms with Crippen LogP contribution in [0.25, 0.3) is 0 Å². The van der Waals surface area contributed by atoms with Crippen molar-refractivity contribution < 1.29 is 9.21 Å². The van der Waals surface area contributed by atoms with E-state index in [1.165, 1.54) is 12.5 Å². The number of carbonyl (C=O) groups is 1. The molecule has 1 heterocycles. The van der Waals surface area contributed by atoms with Crippen molar-refractivity contribution in [2.75, 3.05) is 0 Å². The van der Waals surface area contributed by atoms with Crippen LogP contribution in [0.3, 0.4) is 0 Å². The number of amides is 1. The summed E-state index contributed by atoms with van der Waals surface area (Å²) in [6.45, 7) is 1.71. The van der Waals surface area contributed by atoms with Crippen molar-refractivity contribution in [1.29, 1.82) is 0 Å². The quantitative estimate of drug-likeness (QED) is 0.694. The molecule has 0 aliphatic heterocycles. The summed E-state index contributed by atoms with van der Waals surface area (Å²) in [5, 5.41) is 4.74. The Balaban J connectivity index is 2.02. The standard InChI is InChI=1S/C13H10Cl2N2O2/c1-8-10(4-5-19-8)13(18)17-16-7-9-2-3-11(14)12(15)6-9/h2-7H,1H3,(H,17,18)/b16-7-. The predicted molar refractivity (Wildman–Crippen MR) is 75.0 cm³/mol. The highest BCUT2D eigenvalue weighted by Crippen LogP contribution is 2.21. The zero-order valence-electron chi connectivity index (χ0n) is 9.98. The minimum Gasteiger partial charge on any atom is -0.469 e. The number of rotatable bonds is 3. The number of benzene rings is 1. The molecule has 0 saturated carbocycles. The molecule has 0 radical (unpaired) electrons. The van der Waals surface area contributed by atoms with Gasteiger partial charge in [-0.05, 0) is 30.7 Å². The van der Waals surface area contributed by atoms with Crippen LogP contribution in [0.5, 0.6) is 0 Å². The van der Waals surface area contributed by atoms with Gasteiger partial charge < -0.3 is 4.42 Å². The monoisotopic (exact) mass is 296 g/mol. The van der Waals surface area contributed by atoms with Gasteiger partial charge in [-0.25, -0.2) is 5.43 Å². The zero-order valence-corrected chi connectivity index (χ0v) is 11.5. The van der Waals surface area contributed by atoms with Gasteiger partial charge in [-0.2, -0.15) is 5.10 Å². The Morgan fingerprint density at radius 2 is 2.11 bits per heavy atom. The van der Waals surface area contributed by atoms with Crippen LogP contribution >= 0.6 is 23.2 Å². The Labute approximate surface area is 120 Å². The summed E-state index contributed by atoms with van der Waals surface area (Å²) >= 11 is 11.7. The van der Waals surface area contributed by atoms with E-state index in [-0.39, 0.29) is 5.91 Å². The smallest absolute Gasteiger partial charge is 0.274 e. The number of hydrogen-bond acceptors (Lipinski definition) is 3. The van der Waals surface area contributed by atoms with Crippen molar-refractivity contribution in [2.24, 2.45) is 5.10 Å². The third-order valence-corrected chi connectivity index (χ3v) is 3.17. The van der Waals surface area contributed by atoms with E-state index in [1.54, 1.807) is 31.2 Å². The second kappa shape index (κ2) is 5.91. The molecule has 19 heavy (non-hydrogen) atoms. The van der Waals surface area contributed by atoms with Crippen LogP contribution < -0.4 is 5.43 Å². The second-order valence-electron chi connectivity index (χ2n) is 3.76. The molecule has 0 spiro atoms. The summed E-state index contributed by atoms with van der Waals surface area (Å²) in [6, 6.07) is 6.64. The van der Waals surface area contributed by atoms with Crippen molar-refractivity contribution in [2.45, 2.75) is 6.92 Å². The Morgan fingerprint density at radius 1 is 1.32 bits per heavy atom. The number of furan rings is 1. The van der Waals surface area contributed by atoms with Crippen molar-refractivity contribution in [3.63, 3.8) is 0 Å². The molecule has 1 amide bonds. The normalized spacial score (nSPS) is 10.9. The molecule has 0 aliphatic carbocycles. The number of nitrogens with one attached hydrogen (secondary N) is 1. The van der Waals surface area contributed by atoms with Gasteiger partial charge in [-0.1, -0.05) is 29.3 Å². The lowest BCUT2D eigenvalue weighted by atomic mass is 10.2. The van der Waals surface area contributed by atoms with E-state index >= 15 is 0 Å². The summed E-state index contributed by atoms with van der Waals surface area (Å²) in [4.78, 5) is 11.7. The van der Waals surface area contributed by atoms with Gasteiger partial charge in [-0.3, -0.25) is 4.79 Å². The Morgan fingerprint density at radius 3 is 2.74 bits per heavy atom. The Kier molecular flexibility index (Phi) is 4.24. The predicted octanol–water partition coefficient (Wildman–Crippen LogP) is 3.66. The molecule has 1 aromatic heterocycles. The summed E-state index contributed by atoms with van der Waals surface area (Å²) in [5.74, 6) is 0.213. The van der Waals surface area contributed by atoms with Gasteiger partial charge in [0.2, 0.25) is 0 Å². The summed E-state index contributed by atoms with van der Waals surface area (Å²) < 4.78 is 5.03. The Hall–Kier alpha value is -1.78. The number of hydrazone groups is 1. The SMILES string of the molecule is Cc1occc1C(=O)N/N=C\c1ccc(Cl)c(Cl)c1. The molecule has 0 fully saturated rings. The molecule has 0 aliphatic rings. The molecule has 98 valence electrons. The molecule has 0 unspecified atom stereocenters. The van der Waals surface area contributed by atoms with Gasteiger partial charge in [-0.15, -0.1) is 0 Å². The van der Waals surface area contributed by atoms with Crippen molar-refractivity contribution in [1.82, 2.24) is 5.43 Å². The molecule has 4 nitrogen and oxygen atoms in total. The van der Waals surface area contributed by atoms with E-state index < -0.39 is 0 Å². The lowest BCUT2D eigenvalue weighted by Gasteiger charge is -1.99. The fourth-order valence-electron chi connectivity index (χ4n) is 1.44. The molecule has 1 N–H and O–H groups in total. The van der Waals surface area contributed by atoms with Crippen LogP contribution in [0.4, 0.5) is 0 Å². The average Bonchev–Trinajstić information content (AvgIpc) is 2.80. The third kappa shape index (κ3) is 3.36. The van der Waals surface area contributed by atoms with E-state index in [2.05, 4.69) is 10.5 Å². The zero-order chi connectivity index (χ0) is 13.8. The highest BCUT2D eigenvalue weighted by molar-refractivity contribution is 6.42. The van der Waals surface area contributed by atoms with Crippen LogP contribution in [0.15, 0.2) is 40.0 Å². The number of carbonyl (C=O) groups excluding carboxylic acids is 1. The first-order valence-electron chi connectivity index (χ1n) is 5.40. The van der Waals surface area contributed by atoms with Crippen LogP contribution in [0.1, 0.15) is 21.7 Å². The third-order valence-electron chi connectivity index (χ3n) is 2.43. The van der Waals surface area contributed by atoms with E-state index in [0.717, 1.165) is 5.56 Å². The average molecular weight is 297 g/mol. The van der Waals surface area contributed by atoms with Gasteiger partial charge in [0.25, 0.3) is 5.91 Å². The molecule has 2 aromatic rings. The van der Waals surface area contributed by atoms with Crippen LogP contribution in [0.2, 0.25) is 10.0 Å². The lowest BCUT2D eigenvalue weighted by Crippen LogP contribution is -2.17. The van der Waals surface area contributed by atoms with Crippen LogP contribution in [0, 0.1) is 6.92 Å². The minimum absolute atomic E-state index is 0.331. The van der Waals surface area contributed by atoms with E-state index in [0.29, 0.717) is 21.4 Å². The molecule has 0 bridgehead atoms. The van der Waals surface area contributed by atoms with E-state index in [4.69, 9.17) is 27.6 Å². The van der Waals surface area contributed by atoms with Gasteiger partial charge in [0.05, 0.1) is 28.1 Å². The second-order valence-corrected chi connectivity index (χ2v) is 4.58. The maximum atomic E-state index is 11.7. The fraction of sp³-hybridized carbons (Fsp3) is 0.0769. The fourth-order valence-corrected chi connectivity index (χ4v) is 1.75. The number of hydrogen-bond donors (Lipinski definition) is 1. The largest absolute Gasteiger partial charge is 0.469 e. The molecule has 1 aromatic carbocycles. The lowest BCUT2D eigenvalue weighted by molar-refractivity contribution is 0.0953. The maximum absolute atomic E-state index is 11.7. The van der Waals surface area contributed by atoms with Gasteiger partial charge >= 0.3 is 0 Å². The van der Waals surface area contributed by atoms with Crippen molar-refractivity contribution in [3.05, 3.63) is 57.5 Å². The highest BCUT2D eigenvalue weighted by Gasteiger charge is 2.09. The number of halogens is 2. The van der Waals surface area contributed by atoms with Gasteiger partial charge in [0.1, 0.15) is 5.76 Å². The summed E-state index contributed by atoms with van der Waals surface area (Å²) in [7, 11) is 0. The van der Waals surface area contributed by atoms with E-state index in [9.17, 15) is 4.79 Å². The van der Waals surface area contributed by atoms with Crippen LogP contribution in [-0.2, 0) is 0 Å². The van der Waals surface area contributed by atoms with E-state index in [1.807, 2.05) is 0 Å². The first-order chi connectivity index (χ1) is 9.08. The maximum Gasteiger partial charge on any atom is 0.274 e.